The smallest absolute Gasteiger partial charge is 0.378 e. The summed E-state index contributed by atoms with van der Waals surface area (Å²) < 4.78 is 53.2. The molecule has 0 aliphatic heterocycles. The third kappa shape index (κ3) is 11.5. The van der Waals surface area contributed by atoms with Gasteiger partial charge in [0.1, 0.15) is 10.7 Å². The summed E-state index contributed by atoms with van der Waals surface area (Å²) in [6.07, 6.45) is 0. The number of hydrogen-bond donors (Lipinski definition) is 1. The minimum Gasteiger partial charge on any atom is -0.378 e. The Labute approximate surface area is 135 Å². The lowest BCUT2D eigenvalue weighted by Crippen LogP contribution is -2.50. The molecule has 134 valence electrons. The molecule has 0 aromatic heterocycles. The van der Waals surface area contributed by atoms with Gasteiger partial charge in [-0.2, -0.15) is 0 Å². The van der Waals surface area contributed by atoms with E-state index in [-0.39, 0.29) is 12.4 Å². The quantitative estimate of drug-likeness (QED) is 0.237. The Morgan fingerprint density at radius 2 is 1.14 bits per heavy atom. The maximum Gasteiger partial charge on any atom is 0.679 e. The zero-order chi connectivity index (χ0) is 16.7. The van der Waals surface area contributed by atoms with Crippen LogP contribution < -0.4 is 0 Å². The maximum atomic E-state index is 10.3. The van der Waals surface area contributed by atoms with E-state index in [0.29, 0.717) is 46.2 Å². The van der Waals surface area contributed by atoms with Gasteiger partial charge < -0.3 is 27.2 Å². The van der Waals surface area contributed by atoms with Crippen LogP contribution in [0.1, 0.15) is 20.8 Å². The third-order valence-electron chi connectivity index (χ3n) is 2.26. The van der Waals surface area contributed by atoms with Crippen molar-refractivity contribution in [2.24, 2.45) is 0 Å². The van der Waals surface area contributed by atoms with Crippen molar-refractivity contribution in [2.75, 3.05) is 58.6 Å². The monoisotopic (exact) mass is 360 g/mol. The highest BCUT2D eigenvalue weighted by molar-refractivity contribution is 7.72. The zero-order valence-corrected chi connectivity index (χ0v) is 15.5. The molecule has 0 unspecified atom stereocenters. The van der Waals surface area contributed by atoms with Crippen LogP contribution in [0.4, 0.5) is 0 Å². The lowest BCUT2D eigenvalue weighted by molar-refractivity contribution is -0.0424. The second kappa shape index (κ2) is 14.5. The number of rotatable bonds is 16. The van der Waals surface area contributed by atoms with E-state index >= 15 is 0 Å². The van der Waals surface area contributed by atoms with Gasteiger partial charge in [-0.1, -0.05) is 0 Å². The minimum absolute atomic E-state index is 0.0314. The zero-order valence-electron chi connectivity index (χ0n) is 13.6. The summed E-state index contributed by atoms with van der Waals surface area (Å²) in [5.41, 5.74) is 0. The van der Waals surface area contributed by atoms with E-state index in [0.717, 1.165) is 0 Å². The van der Waals surface area contributed by atoms with Crippen LogP contribution >= 0.6 is 0 Å². The van der Waals surface area contributed by atoms with Gasteiger partial charge in [0.05, 0.1) is 38.8 Å². The molecule has 0 fully saturated rings. The predicted octanol–water partition coefficient (Wildman–Crippen LogP) is 0.193. The van der Waals surface area contributed by atoms with Crippen molar-refractivity contribution in [3.8, 4) is 0 Å². The molecule has 0 heterocycles. The highest BCUT2D eigenvalue weighted by atomic mass is 32.2. The SMILES string of the molecule is CCO[Si](OCC)(OCC)OCCOCCOCC[SH](=O)=O. The fourth-order valence-corrected chi connectivity index (χ4v) is 3.64. The van der Waals surface area contributed by atoms with Crippen molar-refractivity contribution in [1.29, 1.82) is 0 Å². The number of thiol groups is 1. The molecule has 0 saturated heterocycles. The molecule has 0 aliphatic carbocycles. The first kappa shape index (κ1) is 21.9. The van der Waals surface area contributed by atoms with Crippen LogP contribution in [0.3, 0.4) is 0 Å². The Morgan fingerprint density at radius 1 is 0.682 bits per heavy atom. The Morgan fingerprint density at radius 3 is 1.59 bits per heavy atom. The summed E-state index contributed by atoms with van der Waals surface area (Å²) in [4.78, 5) is 0. The van der Waals surface area contributed by atoms with Gasteiger partial charge in [0.2, 0.25) is 0 Å². The average molecular weight is 361 g/mol. The summed E-state index contributed by atoms with van der Waals surface area (Å²) in [6.45, 7) is 8.44. The van der Waals surface area contributed by atoms with Gasteiger partial charge in [-0.25, -0.2) is 8.42 Å². The van der Waals surface area contributed by atoms with E-state index in [1.54, 1.807) is 0 Å². The van der Waals surface area contributed by atoms with E-state index < -0.39 is 19.8 Å². The molecule has 0 atom stereocenters. The number of hydrogen-bond acceptors (Lipinski definition) is 8. The van der Waals surface area contributed by atoms with Crippen LogP contribution in [0, 0.1) is 0 Å². The van der Waals surface area contributed by atoms with Crippen molar-refractivity contribution >= 4 is 19.8 Å². The predicted molar refractivity (Wildman–Crippen MR) is 83.4 cm³/mol. The van der Waals surface area contributed by atoms with Gasteiger partial charge in [-0.15, -0.1) is 0 Å². The van der Waals surface area contributed by atoms with Crippen LogP contribution in [-0.2, 0) is 37.9 Å². The second-order valence-electron chi connectivity index (χ2n) is 3.93. The molecule has 22 heavy (non-hydrogen) atoms. The lowest BCUT2D eigenvalue weighted by atomic mass is 10.7. The summed E-state index contributed by atoms with van der Waals surface area (Å²) in [5, 5.41) is 0. The van der Waals surface area contributed by atoms with Crippen molar-refractivity contribution < 1.29 is 35.6 Å². The molecule has 0 bridgehead atoms. The van der Waals surface area contributed by atoms with Gasteiger partial charge in [0.15, 0.2) is 0 Å². The van der Waals surface area contributed by atoms with Crippen LogP contribution in [0.25, 0.3) is 0 Å². The highest BCUT2D eigenvalue weighted by Gasteiger charge is 2.44. The van der Waals surface area contributed by atoms with Crippen molar-refractivity contribution in [3.63, 3.8) is 0 Å². The fourth-order valence-electron chi connectivity index (χ4n) is 1.47. The van der Waals surface area contributed by atoms with Crippen molar-refractivity contribution in [3.05, 3.63) is 0 Å². The molecule has 8 nitrogen and oxygen atoms in total. The van der Waals surface area contributed by atoms with E-state index in [9.17, 15) is 8.42 Å². The summed E-state index contributed by atoms with van der Waals surface area (Å²) >= 11 is 0. The Kier molecular flexibility index (Phi) is 14.5. The fraction of sp³-hybridized carbons (Fsp3) is 1.00. The van der Waals surface area contributed by atoms with Gasteiger partial charge in [-0.3, -0.25) is 0 Å². The molecule has 0 spiro atoms. The lowest BCUT2D eigenvalue weighted by Gasteiger charge is -2.26. The molecule has 0 N–H and O–H groups in total. The molecular weight excluding hydrogens is 332 g/mol. The maximum absolute atomic E-state index is 10.3. The van der Waals surface area contributed by atoms with Crippen molar-refractivity contribution in [2.45, 2.75) is 20.8 Å². The topological polar surface area (TPSA) is 89.5 Å². The minimum atomic E-state index is -3.07. The molecule has 0 aromatic rings. The Balaban J connectivity index is 3.79. The summed E-state index contributed by atoms with van der Waals surface area (Å²) in [6, 6.07) is 0. The van der Waals surface area contributed by atoms with Crippen LogP contribution in [0.2, 0.25) is 0 Å². The van der Waals surface area contributed by atoms with E-state index in [2.05, 4.69) is 0 Å². The van der Waals surface area contributed by atoms with Crippen molar-refractivity contribution in [1.82, 2.24) is 0 Å². The summed E-state index contributed by atoms with van der Waals surface area (Å²) in [5.74, 6) is 0.0314. The molecule has 10 heteroatoms. The third-order valence-corrected chi connectivity index (χ3v) is 5.29. The molecule has 0 radical (unpaired) electrons. The first-order valence-electron chi connectivity index (χ1n) is 7.43. The first-order valence-corrected chi connectivity index (χ1v) is 10.4. The number of ether oxygens (including phenoxy) is 2. The normalized spacial score (nSPS) is 12.2. The molecule has 0 aromatic carbocycles. The van der Waals surface area contributed by atoms with Crippen LogP contribution in [-0.4, -0.2) is 76.1 Å². The van der Waals surface area contributed by atoms with Gasteiger partial charge in [-0.05, 0) is 20.8 Å². The van der Waals surface area contributed by atoms with Gasteiger partial charge in [0, 0.05) is 19.8 Å². The van der Waals surface area contributed by atoms with E-state index in [4.69, 9.17) is 27.2 Å². The average Bonchev–Trinajstić information content (AvgIpc) is 2.46. The summed E-state index contributed by atoms with van der Waals surface area (Å²) in [7, 11) is -5.45. The standard InChI is InChI=1S/C12H28O8SSi/c1-4-17-22(18-5-2,19-6-3)20-10-9-15-7-8-16-11-12-21(13)14/h21H,4-12H2,1-3H3. The largest absolute Gasteiger partial charge is 0.679 e. The van der Waals surface area contributed by atoms with E-state index in [1.165, 1.54) is 0 Å². The molecule has 0 aliphatic rings. The van der Waals surface area contributed by atoms with Crippen LogP contribution in [0.5, 0.6) is 0 Å². The van der Waals surface area contributed by atoms with Gasteiger partial charge in [0.25, 0.3) is 0 Å². The Bertz CT molecular complexity index is 301. The molecule has 0 amide bonds. The van der Waals surface area contributed by atoms with Gasteiger partial charge >= 0.3 is 9.05 Å². The van der Waals surface area contributed by atoms with Crippen LogP contribution in [0.15, 0.2) is 0 Å². The second-order valence-corrected chi connectivity index (χ2v) is 7.20. The highest BCUT2D eigenvalue weighted by Crippen LogP contribution is 2.11. The Hall–Kier alpha value is -0.0731. The molecule has 0 rings (SSSR count). The molecule has 0 saturated carbocycles. The first-order chi connectivity index (χ1) is 10.6. The van der Waals surface area contributed by atoms with E-state index in [1.807, 2.05) is 20.8 Å². The molecular formula is C12H28O8SSi.